The van der Waals surface area contributed by atoms with Crippen LogP contribution in [0.5, 0.6) is 0 Å². The molecule has 4 heteroatoms. The Balaban J connectivity index is 2.62. The number of benzene rings is 1. The van der Waals surface area contributed by atoms with E-state index in [9.17, 15) is 4.79 Å². The number of H-pyrrole nitrogens is 1. The molecule has 2 aromatic rings. The summed E-state index contributed by atoms with van der Waals surface area (Å²) in [5.41, 5.74) is 3.36. The number of aromatic amines is 1. The maximum Gasteiger partial charge on any atom is 0.254 e. The van der Waals surface area contributed by atoms with Crippen LogP contribution in [-0.4, -0.2) is 9.97 Å². The Morgan fingerprint density at radius 2 is 1.95 bits per heavy atom. The molecule has 1 heterocycles. The molecule has 1 N–H and O–H groups in total. The molecule has 0 fully saturated rings. The summed E-state index contributed by atoms with van der Waals surface area (Å²) in [5.74, 6) is 0.762. The molecule has 0 spiro atoms. The third kappa shape index (κ3) is 2.71. The second-order valence-electron chi connectivity index (χ2n) is 5.03. The van der Waals surface area contributed by atoms with Crippen LogP contribution < -0.4 is 5.56 Å². The zero-order valence-electron chi connectivity index (χ0n) is 11.5. The van der Waals surface area contributed by atoms with Crippen LogP contribution >= 0.6 is 11.6 Å². The highest BCUT2D eigenvalue weighted by Gasteiger charge is 2.13. The van der Waals surface area contributed by atoms with Crippen molar-refractivity contribution in [2.75, 3.05) is 0 Å². The van der Waals surface area contributed by atoms with E-state index in [-0.39, 0.29) is 11.5 Å². The average molecular weight is 277 g/mol. The van der Waals surface area contributed by atoms with E-state index in [1.807, 2.05) is 39.8 Å². The van der Waals surface area contributed by atoms with Gasteiger partial charge < -0.3 is 4.98 Å². The molecule has 0 aliphatic carbocycles. The van der Waals surface area contributed by atoms with Crippen LogP contribution in [0.2, 0.25) is 5.02 Å². The van der Waals surface area contributed by atoms with Crippen LogP contribution in [0.3, 0.4) is 0 Å². The third-order valence-corrected chi connectivity index (χ3v) is 3.40. The van der Waals surface area contributed by atoms with Gasteiger partial charge in [-0.25, -0.2) is 4.98 Å². The number of halogens is 1. The second kappa shape index (κ2) is 5.17. The molecule has 0 atom stereocenters. The molecule has 0 saturated carbocycles. The van der Waals surface area contributed by atoms with Gasteiger partial charge in [-0.3, -0.25) is 4.79 Å². The molecule has 2 rings (SSSR count). The van der Waals surface area contributed by atoms with Gasteiger partial charge in [0.1, 0.15) is 5.82 Å². The lowest BCUT2D eigenvalue weighted by Crippen LogP contribution is -2.18. The summed E-state index contributed by atoms with van der Waals surface area (Å²) in [5, 5.41) is 0.680. The van der Waals surface area contributed by atoms with E-state index in [1.54, 1.807) is 6.07 Å². The van der Waals surface area contributed by atoms with Gasteiger partial charge in [-0.2, -0.15) is 0 Å². The first-order valence-corrected chi connectivity index (χ1v) is 6.65. The molecule has 0 bridgehead atoms. The number of aryl methyl sites for hydroxylation is 2. The first-order chi connectivity index (χ1) is 8.90. The van der Waals surface area contributed by atoms with E-state index < -0.39 is 0 Å². The average Bonchev–Trinajstić information content (AvgIpc) is 2.26. The summed E-state index contributed by atoms with van der Waals surface area (Å²) in [6.07, 6.45) is 0. The second-order valence-corrected chi connectivity index (χ2v) is 5.46. The largest absolute Gasteiger partial charge is 0.306 e. The lowest BCUT2D eigenvalue weighted by atomic mass is 10.0. The Morgan fingerprint density at radius 1 is 1.26 bits per heavy atom. The summed E-state index contributed by atoms with van der Waals surface area (Å²) in [7, 11) is 0. The van der Waals surface area contributed by atoms with Crippen molar-refractivity contribution in [2.45, 2.75) is 33.6 Å². The monoisotopic (exact) mass is 276 g/mol. The quantitative estimate of drug-likeness (QED) is 0.906. The van der Waals surface area contributed by atoms with Gasteiger partial charge >= 0.3 is 0 Å². The lowest BCUT2D eigenvalue weighted by Gasteiger charge is -2.11. The highest BCUT2D eigenvalue weighted by Crippen LogP contribution is 2.23. The molecule has 3 nitrogen and oxygen atoms in total. The van der Waals surface area contributed by atoms with Crippen LogP contribution in [0.4, 0.5) is 0 Å². The summed E-state index contributed by atoms with van der Waals surface area (Å²) >= 11 is 5.94. The minimum Gasteiger partial charge on any atom is -0.306 e. The Hall–Kier alpha value is -1.61. The van der Waals surface area contributed by atoms with Gasteiger partial charge in [-0.1, -0.05) is 25.4 Å². The van der Waals surface area contributed by atoms with E-state index in [0.29, 0.717) is 10.8 Å². The van der Waals surface area contributed by atoms with Crippen molar-refractivity contribution in [2.24, 2.45) is 0 Å². The van der Waals surface area contributed by atoms with Crippen LogP contribution in [0, 0.1) is 13.8 Å². The van der Waals surface area contributed by atoms with Crippen molar-refractivity contribution < 1.29 is 0 Å². The number of aromatic nitrogens is 2. The highest BCUT2D eigenvalue weighted by molar-refractivity contribution is 6.30. The summed E-state index contributed by atoms with van der Waals surface area (Å²) in [6.45, 7) is 7.81. The van der Waals surface area contributed by atoms with Gasteiger partial charge in [-0.05, 0) is 43.5 Å². The maximum absolute atomic E-state index is 12.1. The fourth-order valence-electron chi connectivity index (χ4n) is 2.30. The van der Waals surface area contributed by atoms with Crippen molar-refractivity contribution in [1.82, 2.24) is 9.97 Å². The number of hydrogen-bond acceptors (Lipinski definition) is 2. The summed E-state index contributed by atoms with van der Waals surface area (Å²) < 4.78 is 0. The fraction of sp³-hybridized carbons (Fsp3) is 0.333. The highest BCUT2D eigenvalue weighted by atomic mass is 35.5. The lowest BCUT2D eigenvalue weighted by molar-refractivity contribution is 0.814. The van der Waals surface area contributed by atoms with Gasteiger partial charge in [0.25, 0.3) is 5.56 Å². The predicted octanol–water partition coefficient (Wildman–Crippen LogP) is 3.83. The van der Waals surface area contributed by atoms with Crippen molar-refractivity contribution in [3.05, 3.63) is 50.4 Å². The smallest absolute Gasteiger partial charge is 0.254 e. The third-order valence-electron chi connectivity index (χ3n) is 3.17. The van der Waals surface area contributed by atoms with Crippen LogP contribution in [0.15, 0.2) is 23.0 Å². The molecule has 1 aromatic carbocycles. The molecule has 19 heavy (non-hydrogen) atoms. The molecule has 0 amide bonds. The minimum absolute atomic E-state index is 0.0631. The van der Waals surface area contributed by atoms with Gasteiger partial charge in [0, 0.05) is 21.8 Å². The molecule has 0 aliphatic heterocycles. The zero-order valence-corrected chi connectivity index (χ0v) is 12.3. The minimum atomic E-state index is -0.0631. The van der Waals surface area contributed by atoms with Crippen molar-refractivity contribution >= 4 is 11.6 Å². The van der Waals surface area contributed by atoms with E-state index in [0.717, 1.165) is 22.4 Å². The number of nitrogens with one attached hydrogen (secondary N) is 1. The van der Waals surface area contributed by atoms with Gasteiger partial charge in [0.15, 0.2) is 0 Å². The molecular weight excluding hydrogens is 260 g/mol. The summed E-state index contributed by atoms with van der Waals surface area (Å²) in [4.78, 5) is 19.5. The Kier molecular flexibility index (Phi) is 3.76. The first-order valence-electron chi connectivity index (χ1n) is 6.27. The normalized spacial score (nSPS) is 11.1. The van der Waals surface area contributed by atoms with Crippen molar-refractivity contribution in [3.8, 4) is 11.4 Å². The van der Waals surface area contributed by atoms with Crippen LogP contribution in [0.25, 0.3) is 11.4 Å². The SMILES string of the molecule is Cc1cc(Cl)ccc1-c1nc(C)c(C(C)C)c(=O)[nH]1. The Bertz CT molecular complexity index is 674. The van der Waals surface area contributed by atoms with Crippen molar-refractivity contribution in [3.63, 3.8) is 0 Å². The molecular formula is C15H17ClN2O. The van der Waals surface area contributed by atoms with Gasteiger partial charge in [-0.15, -0.1) is 0 Å². The first kappa shape index (κ1) is 13.8. The van der Waals surface area contributed by atoms with E-state index >= 15 is 0 Å². The van der Waals surface area contributed by atoms with E-state index in [4.69, 9.17) is 11.6 Å². The van der Waals surface area contributed by atoms with E-state index in [1.165, 1.54) is 0 Å². The maximum atomic E-state index is 12.1. The molecule has 0 unspecified atom stereocenters. The molecule has 100 valence electrons. The van der Waals surface area contributed by atoms with E-state index in [2.05, 4.69) is 9.97 Å². The Labute approximate surface area is 117 Å². The van der Waals surface area contributed by atoms with Gasteiger partial charge in [0.05, 0.1) is 0 Å². The predicted molar refractivity (Wildman–Crippen MR) is 78.9 cm³/mol. The number of nitrogens with zero attached hydrogens (tertiary/aromatic N) is 1. The van der Waals surface area contributed by atoms with Crippen molar-refractivity contribution in [1.29, 1.82) is 0 Å². The number of rotatable bonds is 2. The summed E-state index contributed by atoms with van der Waals surface area (Å²) in [6, 6.07) is 5.54. The van der Waals surface area contributed by atoms with Gasteiger partial charge in [0.2, 0.25) is 0 Å². The standard InChI is InChI=1S/C15H17ClN2O/c1-8(2)13-10(4)17-14(18-15(13)19)12-6-5-11(16)7-9(12)3/h5-8H,1-4H3,(H,17,18,19). The Morgan fingerprint density at radius 3 is 2.47 bits per heavy atom. The fourth-order valence-corrected chi connectivity index (χ4v) is 2.52. The zero-order chi connectivity index (χ0) is 14.2. The molecule has 1 aromatic heterocycles. The van der Waals surface area contributed by atoms with Crippen LogP contribution in [-0.2, 0) is 0 Å². The molecule has 0 radical (unpaired) electrons. The van der Waals surface area contributed by atoms with Crippen LogP contribution in [0.1, 0.15) is 36.6 Å². The number of hydrogen-bond donors (Lipinski definition) is 1. The topological polar surface area (TPSA) is 45.8 Å². The molecule has 0 aliphatic rings. The molecule has 0 saturated heterocycles.